The third kappa shape index (κ3) is 8.47. The minimum absolute atomic E-state index is 0. The summed E-state index contributed by atoms with van der Waals surface area (Å²) < 4.78 is 108. The van der Waals surface area contributed by atoms with Crippen molar-refractivity contribution in [2.75, 3.05) is 0 Å². The Morgan fingerprint density at radius 2 is 1.30 bits per heavy atom. The Balaban J connectivity index is 0.00000736. The fourth-order valence-corrected chi connectivity index (χ4v) is 9.15. The number of benzene rings is 8. The summed E-state index contributed by atoms with van der Waals surface area (Å²) in [5.74, 6) is 1.44. The van der Waals surface area contributed by atoms with Crippen LogP contribution >= 0.6 is 0 Å². The van der Waals surface area contributed by atoms with Gasteiger partial charge in [0, 0.05) is 52.5 Å². The fourth-order valence-electron chi connectivity index (χ4n) is 9.15. The Kier molecular flexibility index (Phi) is 9.07. The van der Waals surface area contributed by atoms with Gasteiger partial charge in [0.05, 0.1) is 23.6 Å². The summed E-state index contributed by atoms with van der Waals surface area (Å²) in [6, 6.07) is 49.0. The van der Waals surface area contributed by atoms with E-state index in [1.807, 2.05) is 60.8 Å². The maximum absolute atomic E-state index is 9.25. The van der Waals surface area contributed by atoms with Crippen LogP contribution in [-0.4, -0.2) is 14.1 Å². The van der Waals surface area contributed by atoms with Crippen molar-refractivity contribution in [1.29, 1.82) is 0 Å². The molecule has 0 N–H and O–H groups in total. The Hall–Kier alpha value is -7.33. The molecule has 0 saturated heterocycles. The molecule has 6 heteroatoms. The molecule has 0 unspecified atom stereocenters. The van der Waals surface area contributed by atoms with E-state index in [9.17, 15) is 2.74 Å². The van der Waals surface area contributed by atoms with E-state index in [-0.39, 0.29) is 54.1 Å². The molecular weight excluding hydrogens is 1040 g/mol. The van der Waals surface area contributed by atoms with Crippen LogP contribution < -0.4 is 9.30 Å². The first-order valence-electron chi connectivity index (χ1n) is 28.4. The molecule has 11 rings (SSSR count). The van der Waals surface area contributed by atoms with Gasteiger partial charge in [-0.3, -0.25) is 4.57 Å². The van der Waals surface area contributed by atoms with Gasteiger partial charge < -0.3 is 13.9 Å². The average molecular weight is 1100 g/mol. The fraction of sp³-hybridized carbons (Fsp3) is 0.156. The van der Waals surface area contributed by atoms with Crippen LogP contribution in [0.3, 0.4) is 0 Å². The largest absolute Gasteiger partial charge is 0.510 e. The summed E-state index contributed by atoms with van der Waals surface area (Å²) >= 11 is 0. The molecule has 8 aromatic carbocycles. The zero-order valence-corrected chi connectivity index (χ0v) is 41.7. The predicted molar refractivity (Wildman–Crippen MR) is 283 cm³/mol. The molecule has 0 spiro atoms. The molecule has 0 aliphatic heterocycles. The van der Waals surface area contributed by atoms with E-state index >= 15 is 0 Å². The van der Waals surface area contributed by atoms with Crippen molar-refractivity contribution in [3.8, 4) is 62.1 Å². The molecule has 0 aliphatic carbocycles. The van der Waals surface area contributed by atoms with Crippen molar-refractivity contribution in [3.05, 3.63) is 223 Å². The van der Waals surface area contributed by atoms with Gasteiger partial charge in [0.25, 0.3) is 6.33 Å². The number of nitrogens with zero attached hydrogens (tertiary/aromatic N) is 4. The van der Waals surface area contributed by atoms with E-state index in [1.165, 1.54) is 18.2 Å². The first kappa shape index (κ1) is 34.9. The van der Waals surface area contributed by atoms with Crippen LogP contribution in [-0.2, 0) is 31.9 Å². The smallest absolute Gasteiger partial charge is 0.268 e. The van der Waals surface area contributed by atoms with Crippen LogP contribution in [0.4, 0.5) is 0 Å². The summed E-state index contributed by atoms with van der Waals surface area (Å²) in [4.78, 5) is 4.83. The molecule has 348 valence electrons. The topological polar surface area (TPSA) is 35.9 Å². The predicted octanol–water partition coefficient (Wildman–Crippen LogP) is 15.8. The van der Waals surface area contributed by atoms with E-state index < -0.39 is 43.9 Å². The quantitative estimate of drug-likeness (QED) is 0.112. The van der Waals surface area contributed by atoms with Gasteiger partial charge in [-0.25, -0.2) is 4.98 Å². The van der Waals surface area contributed by atoms with E-state index in [1.54, 1.807) is 57.7 Å². The average Bonchev–Trinajstić information content (AvgIpc) is 4.05. The van der Waals surface area contributed by atoms with E-state index in [0.717, 1.165) is 44.3 Å². The van der Waals surface area contributed by atoms with Gasteiger partial charge in [-0.15, -0.1) is 29.7 Å². The number of fused-ring (bicyclic) bond motifs is 4. The Bertz CT molecular complexity index is 4240. The molecule has 3 aromatic heterocycles. The first-order chi connectivity index (χ1) is 37.8. The van der Waals surface area contributed by atoms with Gasteiger partial charge >= 0.3 is 0 Å². The summed E-state index contributed by atoms with van der Waals surface area (Å²) in [5, 5.41) is 1.98. The van der Waals surface area contributed by atoms with Gasteiger partial charge in [0.1, 0.15) is 5.82 Å². The normalized spacial score (nSPS) is 14.5. The number of aromatic nitrogens is 4. The minimum atomic E-state index is -2.69. The van der Waals surface area contributed by atoms with Crippen LogP contribution in [0.5, 0.6) is 11.5 Å². The molecule has 3 heterocycles. The summed E-state index contributed by atoms with van der Waals surface area (Å²) in [5.41, 5.74) is 7.01. The molecule has 0 aliphatic rings. The van der Waals surface area contributed by atoms with Crippen molar-refractivity contribution in [3.63, 3.8) is 0 Å². The molecule has 5 nitrogen and oxygen atoms in total. The minimum Gasteiger partial charge on any atom is -0.510 e. The van der Waals surface area contributed by atoms with Crippen molar-refractivity contribution in [1.82, 2.24) is 14.1 Å². The molecule has 70 heavy (non-hydrogen) atoms. The van der Waals surface area contributed by atoms with Crippen LogP contribution in [0.15, 0.2) is 182 Å². The number of aryl methyl sites for hydroxylation is 2. The zero-order chi connectivity index (χ0) is 57.0. The van der Waals surface area contributed by atoms with Crippen molar-refractivity contribution in [2.45, 2.75) is 66.1 Å². The van der Waals surface area contributed by atoms with Crippen LogP contribution in [0.25, 0.3) is 83.4 Å². The van der Waals surface area contributed by atoms with Gasteiger partial charge in [-0.2, -0.15) is 18.2 Å². The molecule has 0 amide bonds. The van der Waals surface area contributed by atoms with Crippen molar-refractivity contribution >= 4 is 32.8 Å². The van der Waals surface area contributed by atoms with E-state index in [4.69, 9.17) is 22.1 Å². The number of hydrogen-bond acceptors (Lipinski definition) is 2. The monoisotopic (exact) mass is 1100 g/mol. The number of ether oxygens (including phenoxy) is 1. The number of pyridine rings is 1. The Morgan fingerprint density at radius 1 is 0.600 bits per heavy atom. The third-order valence-corrected chi connectivity index (χ3v) is 12.7. The standard InChI is InChI=1S/C64H54N4O.Pt/c1-42-18-14-19-43(2)61(42)46-30-33-57-59(37-46)66(41-67(57)62-52(44-20-10-9-11-21-44)27-17-28-53(62)45-22-15-23-47(36-45)63(3,4)5)49-24-16-25-50(39-49)69-51-31-32-55-54-26-12-13-29-56(54)68(58(55)40-51)60-38-48(34-35-65-60)64(6,7)8;/h9-38H,1-8H3;/q-2;/i1D3,2D3,9D,10D,11D,20D,21D;. The second-order valence-corrected chi connectivity index (χ2v) is 19.3. The van der Waals surface area contributed by atoms with Gasteiger partial charge in [0.15, 0.2) is 0 Å². The van der Waals surface area contributed by atoms with Crippen molar-refractivity contribution in [2.24, 2.45) is 0 Å². The van der Waals surface area contributed by atoms with Crippen LogP contribution in [0.1, 0.15) is 78.9 Å². The van der Waals surface area contributed by atoms with E-state index in [2.05, 4.69) is 88.8 Å². The number of imidazole rings is 1. The Labute approximate surface area is 441 Å². The van der Waals surface area contributed by atoms with Gasteiger partial charge in [-0.1, -0.05) is 168 Å². The summed E-state index contributed by atoms with van der Waals surface area (Å²) in [6.07, 6.45) is 5.38. The third-order valence-electron chi connectivity index (χ3n) is 12.7. The van der Waals surface area contributed by atoms with Crippen LogP contribution in [0, 0.1) is 32.2 Å². The second kappa shape index (κ2) is 18.2. The number of hydrogen-bond donors (Lipinski definition) is 0. The van der Waals surface area contributed by atoms with Crippen LogP contribution in [0.2, 0.25) is 0 Å². The van der Waals surface area contributed by atoms with Gasteiger partial charge in [0.2, 0.25) is 0 Å². The SMILES string of the molecule is [2H]c1c([2H])c([2H])c(-c2cccc(-c3cccc(C(C)(C)C)c3)c2-[n+]2[c-]n(-c3[c-]c(Oc4[c-]c5c(cc4)c4ccccc4n5-c4cc(C(C)(C)C)ccn4)ccc3)c3cc(-c4c(C([2H])([2H])[2H])cccc4C([2H])([2H])[2H])ccc32)c([2H])c1[2H].[Pt]. The number of rotatable bonds is 8. The zero-order valence-electron chi connectivity index (χ0n) is 50.4. The molecular formula is C64H54N4OPt-2. The summed E-state index contributed by atoms with van der Waals surface area (Å²) in [7, 11) is 0. The molecule has 0 bridgehead atoms. The number of para-hydroxylation sites is 2. The Morgan fingerprint density at radius 3 is 2.07 bits per heavy atom. The second-order valence-electron chi connectivity index (χ2n) is 19.3. The van der Waals surface area contributed by atoms with Crippen molar-refractivity contribution < 1.29 is 45.4 Å². The summed E-state index contributed by atoms with van der Waals surface area (Å²) in [6.45, 7) is 7.44. The molecule has 0 saturated carbocycles. The molecule has 0 atom stereocenters. The maximum atomic E-state index is 9.25. The maximum Gasteiger partial charge on any atom is 0.268 e. The van der Waals surface area contributed by atoms with E-state index in [0.29, 0.717) is 50.6 Å². The molecule has 11 aromatic rings. The van der Waals surface area contributed by atoms with Gasteiger partial charge in [-0.05, 0) is 116 Å². The molecule has 0 radical (unpaired) electrons. The first-order valence-corrected chi connectivity index (χ1v) is 22.9. The molecule has 0 fully saturated rings.